The molecule has 7 nitrogen and oxygen atoms in total. The molecule has 1 N–H and O–H groups in total. The van der Waals surface area contributed by atoms with Gasteiger partial charge in [-0.15, -0.1) is 0 Å². The topological polar surface area (TPSA) is 86.8 Å². The lowest BCUT2D eigenvalue weighted by Gasteiger charge is -2.31. The molecule has 0 heterocycles. The molecule has 0 aliphatic carbocycles. The number of benzene rings is 2. The highest BCUT2D eigenvalue weighted by Gasteiger charge is 2.29. The monoisotopic (exact) mass is 525 g/mol. The minimum Gasteiger partial charge on any atom is -0.352 e. The molecule has 0 aliphatic rings. The molecule has 192 valence electrons. The van der Waals surface area contributed by atoms with Crippen LogP contribution in [0.15, 0.2) is 48.5 Å². The van der Waals surface area contributed by atoms with Gasteiger partial charge >= 0.3 is 0 Å². The third-order valence-electron chi connectivity index (χ3n) is 5.35. The normalized spacial score (nSPS) is 12.3. The summed E-state index contributed by atoms with van der Waals surface area (Å²) in [6.45, 7) is 5.80. The van der Waals surface area contributed by atoms with Gasteiger partial charge in [-0.2, -0.15) is 0 Å². The molecule has 1 unspecified atom stereocenters. The Balaban J connectivity index is 2.20. The number of hydrogen-bond donors (Lipinski definition) is 1. The van der Waals surface area contributed by atoms with Gasteiger partial charge in [0.15, 0.2) is 0 Å². The van der Waals surface area contributed by atoms with Crippen molar-refractivity contribution in [3.05, 3.63) is 64.9 Å². The van der Waals surface area contributed by atoms with Crippen LogP contribution in [0.4, 0.5) is 10.1 Å². The van der Waals surface area contributed by atoms with E-state index >= 15 is 0 Å². The lowest BCUT2D eigenvalue weighted by molar-refractivity contribution is -0.141. The zero-order valence-electron chi connectivity index (χ0n) is 20.5. The molecule has 10 heteroatoms. The van der Waals surface area contributed by atoms with Gasteiger partial charge in [-0.1, -0.05) is 30.7 Å². The minimum absolute atomic E-state index is 0.0340. The van der Waals surface area contributed by atoms with Gasteiger partial charge in [-0.25, -0.2) is 12.8 Å². The number of nitrogens with one attached hydrogen (secondary N) is 1. The Morgan fingerprint density at radius 1 is 1.06 bits per heavy atom. The number of sulfonamides is 1. The van der Waals surface area contributed by atoms with Crippen LogP contribution in [-0.2, 0) is 26.2 Å². The first kappa shape index (κ1) is 28.6. The molecular weight excluding hydrogens is 493 g/mol. The third kappa shape index (κ3) is 8.81. The number of amides is 2. The lowest BCUT2D eigenvalue weighted by Crippen LogP contribution is -2.50. The average molecular weight is 526 g/mol. The fraction of sp³-hybridized carbons (Fsp3) is 0.440. The molecule has 35 heavy (non-hydrogen) atoms. The maximum atomic E-state index is 13.3. The van der Waals surface area contributed by atoms with E-state index in [9.17, 15) is 22.4 Å². The van der Waals surface area contributed by atoms with Crippen LogP contribution in [0.1, 0.15) is 45.6 Å². The van der Waals surface area contributed by atoms with Gasteiger partial charge in [0, 0.05) is 30.6 Å². The van der Waals surface area contributed by atoms with Gasteiger partial charge in [-0.3, -0.25) is 13.9 Å². The molecule has 2 rings (SSSR count). The summed E-state index contributed by atoms with van der Waals surface area (Å²) >= 11 is 5.98. The van der Waals surface area contributed by atoms with Gasteiger partial charge in [0.2, 0.25) is 21.8 Å². The van der Waals surface area contributed by atoms with Crippen molar-refractivity contribution in [2.75, 3.05) is 17.1 Å². The second-order valence-electron chi connectivity index (χ2n) is 8.65. The van der Waals surface area contributed by atoms with E-state index in [1.807, 2.05) is 20.8 Å². The predicted octanol–water partition coefficient (Wildman–Crippen LogP) is 4.36. The fourth-order valence-corrected chi connectivity index (χ4v) is 4.79. The van der Waals surface area contributed by atoms with Gasteiger partial charge in [-0.05, 0) is 68.7 Å². The highest BCUT2D eigenvalue weighted by atomic mass is 35.5. The van der Waals surface area contributed by atoms with Crippen molar-refractivity contribution in [3.63, 3.8) is 0 Å². The van der Waals surface area contributed by atoms with Crippen LogP contribution in [0.5, 0.6) is 0 Å². The first-order valence-electron chi connectivity index (χ1n) is 11.5. The Morgan fingerprint density at radius 2 is 1.66 bits per heavy atom. The Kier molecular flexibility index (Phi) is 10.5. The SMILES string of the molecule is CCC(C(=O)NC(C)C)N(Cc1ccc(Cl)cc1)C(=O)CCCN(c1ccc(F)cc1)S(C)(=O)=O. The number of rotatable bonds is 12. The number of anilines is 1. The molecule has 0 bridgehead atoms. The quantitative estimate of drug-likeness (QED) is 0.446. The van der Waals surface area contributed by atoms with Crippen molar-refractivity contribution in [1.82, 2.24) is 10.2 Å². The number of hydrogen-bond acceptors (Lipinski definition) is 4. The minimum atomic E-state index is -3.64. The summed E-state index contributed by atoms with van der Waals surface area (Å²) in [5.74, 6) is -0.979. The molecular formula is C25H33ClFN3O4S. The van der Waals surface area contributed by atoms with Crippen molar-refractivity contribution < 1.29 is 22.4 Å². The van der Waals surface area contributed by atoms with Gasteiger partial charge in [0.25, 0.3) is 0 Å². The van der Waals surface area contributed by atoms with E-state index in [-0.39, 0.29) is 43.8 Å². The number of nitrogens with zero attached hydrogens (tertiary/aromatic N) is 2. The van der Waals surface area contributed by atoms with Crippen molar-refractivity contribution in [3.8, 4) is 0 Å². The maximum absolute atomic E-state index is 13.3. The predicted molar refractivity (Wildman–Crippen MR) is 137 cm³/mol. The molecule has 0 saturated heterocycles. The molecule has 1 atom stereocenters. The standard InChI is InChI=1S/C25H33ClFN3O4S/c1-5-23(25(32)28-18(2)3)29(17-19-8-10-20(26)11-9-19)24(31)7-6-16-30(35(4,33)34)22-14-12-21(27)13-15-22/h8-15,18,23H,5-7,16-17H2,1-4H3,(H,28,32). The molecule has 2 amide bonds. The Morgan fingerprint density at radius 3 is 2.17 bits per heavy atom. The van der Waals surface area contributed by atoms with E-state index in [1.54, 1.807) is 24.3 Å². The summed E-state index contributed by atoms with van der Waals surface area (Å²) in [4.78, 5) is 27.7. The maximum Gasteiger partial charge on any atom is 0.243 e. The summed E-state index contributed by atoms with van der Waals surface area (Å²) in [6, 6.07) is 11.4. The highest BCUT2D eigenvalue weighted by molar-refractivity contribution is 7.92. The van der Waals surface area contributed by atoms with Crippen LogP contribution in [0.25, 0.3) is 0 Å². The van der Waals surface area contributed by atoms with E-state index in [4.69, 9.17) is 11.6 Å². The number of carbonyl (C=O) groups excluding carboxylic acids is 2. The first-order chi connectivity index (χ1) is 16.4. The number of carbonyl (C=O) groups is 2. The molecule has 0 aliphatic heterocycles. The van der Waals surface area contributed by atoms with Crippen LogP contribution in [0.2, 0.25) is 5.02 Å². The van der Waals surface area contributed by atoms with E-state index in [2.05, 4.69) is 5.32 Å². The van der Waals surface area contributed by atoms with Gasteiger partial charge in [0.1, 0.15) is 11.9 Å². The van der Waals surface area contributed by atoms with Crippen molar-refractivity contribution in [2.45, 2.75) is 58.7 Å². The zero-order valence-corrected chi connectivity index (χ0v) is 22.1. The zero-order chi connectivity index (χ0) is 26.2. The fourth-order valence-electron chi connectivity index (χ4n) is 3.70. The van der Waals surface area contributed by atoms with E-state index in [0.717, 1.165) is 16.1 Å². The summed E-state index contributed by atoms with van der Waals surface area (Å²) < 4.78 is 39.1. The van der Waals surface area contributed by atoms with E-state index in [1.165, 1.54) is 29.2 Å². The Bertz CT molecular complexity index is 1090. The third-order valence-corrected chi connectivity index (χ3v) is 6.80. The smallest absolute Gasteiger partial charge is 0.243 e. The van der Waals surface area contributed by atoms with E-state index < -0.39 is 21.9 Å². The molecule has 0 saturated carbocycles. The van der Waals surface area contributed by atoms with Crippen molar-refractivity contribution in [2.24, 2.45) is 0 Å². The second-order valence-corrected chi connectivity index (χ2v) is 11.0. The lowest BCUT2D eigenvalue weighted by atomic mass is 10.1. The Labute approximate surface area is 212 Å². The summed E-state index contributed by atoms with van der Waals surface area (Å²) in [6.07, 6.45) is 1.74. The molecule has 0 fully saturated rings. The van der Waals surface area contributed by atoms with Crippen LogP contribution >= 0.6 is 11.6 Å². The summed E-state index contributed by atoms with van der Waals surface area (Å²) in [7, 11) is -3.64. The van der Waals surface area contributed by atoms with Crippen LogP contribution in [0.3, 0.4) is 0 Å². The number of halogens is 2. The summed E-state index contributed by atoms with van der Waals surface area (Å²) in [5, 5.41) is 3.44. The molecule has 0 radical (unpaired) electrons. The van der Waals surface area contributed by atoms with Crippen molar-refractivity contribution in [1.29, 1.82) is 0 Å². The summed E-state index contributed by atoms with van der Waals surface area (Å²) in [5.41, 5.74) is 1.14. The highest BCUT2D eigenvalue weighted by Crippen LogP contribution is 2.20. The molecule has 0 aromatic heterocycles. The average Bonchev–Trinajstić information content (AvgIpc) is 2.77. The molecule has 0 spiro atoms. The van der Waals surface area contributed by atoms with E-state index in [0.29, 0.717) is 17.1 Å². The van der Waals surface area contributed by atoms with Crippen LogP contribution in [0, 0.1) is 5.82 Å². The van der Waals surface area contributed by atoms with Crippen LogP contribution in [-0.4, -0.2) is 50.0 Å². The van der Waals surface area contributed by atoms with Gasteiger partial charge < -0.3 is 10.2 Å². The Hall–Kier alpha value is -2.65. The molecule has 2 aromatic carbocycles. The van der Waals surface area contributed by atoms with Gasteiger partial charge in [0.05, 0.1) is 11.9 Å². The van der Waals surface area contributed by atoms with Crippen LogP contribution < -0.4 is 9.62 Å². The first-order valence-corrected chi connectivity index (χ1v) is 13.7. The molecule has 2 aromatic rings. The largest absolute Gasteiger partial charge is 0.352 e. The second kappa shape index (κ2) is 12.9. The van der Waals surface area contributed by atoms with Crippen molar-refractivity contribution >= 4 is 39.1 Å².